The average Bonchev–Trinajstić information content (AvgIpc) is 3.17. The largest absolute Gasteiger partial charge is 0.482 e. The van der Waals surface area contributed by atoms with Gasteiger partial charge in [0.25, 0.3) is 15.9 Å². The summed E-state index contributed by atoms with van der Waals surface area (Å²) >= 11 is 0. The predicted octanol–water partition coefficient (Wildman–Crippen LogP) is 2.98. The van der Waals surface area contributed by atoms with E-state index in [1.54, 1.807) is 31.2 Å². The van der Waals surface area contributed by atoms with E-state index in [1.807, 2.05) is 19.9 Å². The molecular weight excluding hydrogens is 420 g/mol. The number of nitrogens with one attached hydrogen (secondary N) is 1. The summed E-state index contributed by atoms with van der Waals surface area (Å²) in [5, 5.41) is 3.89. The minimum atomic E-state index is -3.86. The molecule has 4 rings (SSSR count). The Labute approximate surface area is 180 Å². The van der Waals surface area contributed by atoms with E-state index in [2.05, 4.69) is 14.9 Å². The van der Waals surface area contributed by atoms with Crippen molar-refractivity contribution in [3.8, 4) is 5.75 Å². The molecule has 0 bridgehead atoms. The Morgan fingerprint density at radius 2 is 2.00 bits per heavy atom. The molecule has 0 atom stereocenters. The van der Waals surface area contributed by atoms with Gasteiger partial charge in [-0.1, -0.05) is 24.2 Å². The minimum absolute atomic E-state index is 0.0786. The summed E-state index contributed by atoms with van der Waals surface area (Å²) in [7, 11) is -3.86. The summed E-state index contributed by atoms with van der Waals surface area (Å²) < 4.78 is 39.3. The van der Waals surface area contributed by atoms with Crippen LogP contribution in [0, 0.1) is 13.8 Å². The molecule has 9 nitrogen and oxygen atoms in total. The van der Waals surface area contributed by atoms with Crippen molar-refractivity contribution in [1.29, 1.82) is 0 Å². The van der Waals surface area contributed by atoms with Crippen molar-refractivity contribution >= 4 is 27.3 Å². The van der Waals surface area contributed by atoms with Gasteiger partial charge in [-0.25, -0.2) is 8.42 Å². The SMILES string of the molecule is CCc1nc(CN2C(=O)COc3cc(S(=O)(=O)Nc4cccc(C)c4)c(C)cc32)no1. The standard InChI is InChI=1S/C21H22N4O5S/c1-4-20-22-19(23-30-20)11-25-16-9-14(3)18(10-17(16)29-12-21(25)26)31(27,28)24-15-7-5-6-13(2)8-15/h5-10,24H,4,11-12H2,1-3H3. The molecule has 1 aliphatic heterocycles. The highest BCUT2D eigenvalue weighted by atomic mass is 32.2. The molecule has 3 aromatic rings. The number of benzene rings is 2. The highest BCUT2D eigenvalue weighted by Gasteiger charge is 2.30. The number of anilines is 2. The first-order valence-corrected chi connectivity index (χ1v) is 11.2. The van der Waals surface area contributed by atoms with E-state index in [9.17, 15) is 13.2 Å². The Morgan fingerprint density at radius 3 is 2.71 bits per heavy atom. The Kier molecular flexibility index (Phi) is 5.40. The van der Waals surface area contributed by atoms with E-state index in [-0.39, 0.29) is 24.0 Å². The lowest BCUT2D eigenvalue weighted by Gasteiger charge is -2.29. The van der Waals surface area contributed by atoms with Crippen LogP contribution >= 0.6 is 0 Å². The molecule has 2 heterocycles. The molecule has 10 heteroatoms. The topological polar surface area (TPSA) is 115 Å². The van der Waals surface area contributed by atoms with Crippen LogP contribution in [0.4, 0.5) is 11.4 Å². The summed E-state index contributed by atoms with van der Waals surface area (Å²) in [5.41, 5.74) is 2.35. The monoisotopic (exact) mass is 442 g/mol. The van der Waals surface area contributed by atoms with Gasteiger partial charge in [-0.05, 0) is 43.2 Å². The number of aromatic nitrogens is 2. The van der Waals surface area contributed by atoms with Gasteiger partial charge in [0.2, 0.25) is 5.89 Å². The zero-order chi connectivity index (χ0) is 22.2. The fourth-order valence-corrected chi connectivity index (χ4v) is 4.65. The molecule has 0 radical (unpaired) electrons. The van der Waals surface area contributed by atoms with Crippen molar-refractivity contribution in [3.05, 3.63) is 59.2 Å². The fourth-order valence-electron chi connectivity index (χ4n) is 3.35. The smallest absolute Gasteiger partial charge is 0.265 e. The zero-order valence-electron chi connectivity index (χ0n) is 17.4. The zero-order valence-corrected chi connectivity index (χ0v) is 18.2. The molecule has 162 valence electrons. The van der Waals surface area contributed by atoms with Crippen molar-refractivity contribution in [2.24, 2.45) is 0 Å². The molecule has 0 saturated carbocycles. The Morgan fingerprint density at radius 1 is 1.19 bits per heavy atom. The third-order valence-corrected chi connectivity index (χ3v) is 6.39. The number of ether oxygens (including phenoxy) is 1. The molecule has 1 aliphatic rings. The summed E-state index contributed by atoms with van der Waals surface area (Å²) in [6.07, 6.45) is 0.592. The number of sulfonamides is 1. The molecule has 0 aliphatic carbocycles. The van der Waals surface area contributed by atoms with Gasteiger partial charge < -0.3 is 9.26 Å². The number of aryl methyl sites for hydroxylation is 3. The number of rotatable bonds is 6. The van der Waals surface area contributed by atoms with Crippen LogP contribution in [0.15, 0.2) is 45.8 Å². The van der Waals surface area contributed by atoms with Gasteiger partial charge in [0, 0.05) is 18.2 Å². The van der Waals surface area contributed by atoms with Gasteiger partial charge in [-0.3, -0.25) is 14.4 Å². The summed E-state index contributed by atoms with van der Waals surface area (Å²) in [6.45, 7) is 5.34. The van der Waals surface area contributed by atoms with E-state index in [1.165, 1.54) is 11.0 Å². The number of hydrogen-bond donors (Lipinski definition) is 1. The lowest BCUT2D eigenvalue weighted by molar-refractivity contribution is -0.121. The first-order chi connectivity index (χ1) is 14.8. The molecule has 0 unspecified atom stereocenters. The normalized spacial score (nSPS) is 13.6. The van der Waals surface area contributed by atoms with E-state index >= 15 is 0 Å². The van der Waals surface area contributed by atoms with Crippen molar-refractivity contribution in [2.75, 3.05) is 16.2 Å². The van der Waals surface area contributed by atoms with Crippen molar-refractivity contribution in [3.63, 3.8) is 0 Å². The predicted molar refractivity (Wildman–Crippen MR) is 114 cm³/mol. The number of amides is 1. The number of fused-ring (bicyclic) bond motifs is 1. The van der Waals surface area contributed by atoms with E-state index in [4.69, 9.17) is 9.26 Å². The Balaban J connectivity index is 1.67. The second kappa shape index (κ2) is 8.03. The molecule has 0 fully saturated rings. The average molecular weight is 442 g/mol. The fraction of sp³-hybridized carbons (Fsp3) is 0.286. The number of carbonyl (C=O) groups is 1. The molecular formula is C21H22N4O5S. The maximum Gasteiger partial charge on any atom is 0.265 e. The van der Waals surface area contributed by atoms with Crippen LogP contribution in [0.1, 0.15) is 29.8 Å². The third-order valence-electron chi connectivity index (χ3n) is 4.87. The molecule has 31 heavy (non-hydrogen) atoms. The van der Waals surface area contributed by atoms with E-state index in [0.717, 1.165) is 5.56 Å². The van der Waals surface area contributed by atoms with Crippen molar-refractivity contribution < 1.29 is 22.5 Å². The van der Waals surface area contributed by atoms with Gasteiger partial charge in [0.15, 0.2) is 12.4 Å². The van der Waals surface area contributed by atoms with Gasteiger partial charge in [-0.2, -0.15) is 4.98 Å². The number of carbonyl (C=O) groups excluding carboxylic acids is 1. The third kappa shape index (κ3) is 4.24. The molecule has 2 aromatic carbocycles. The van der Waals surface area contributed by atoms with E-state index < -0.39 is 10.0 Å². The molecule has 1 N–H and O–H groups in total. The van der Waals surface area contributed by atoms with Crippen LogP contribution in [0.25, 0.3) is 0 Å². The second-order valence-corrected chi connectivity index (χ2v) is 8.94. The lowest BCUT2D eigenvalue weighted by atomic mass is 10.1. The Bertz CT molecular complexity index is 1250. The Hall–Kier alpha value is -3.40. The summed E-state index contributed by atoms with van der Waals surface area (Å²) in [5.74, 6) is 0.876. The molecule has 1 aromatic heterocycles. The summed E-state index contributed by atoms with van der Waals surface area (Å²) in [6, 6.07) is 10.2. The van der Waals surface area contributed by atoms with Gasteiger partial charge >= 0.3 is 0 Å². The van der Waals surface area contributed by atoms with E-state index in [0.29, 0.717) is 40.8 Å². The van der Waals surface area contributed by atoms with Crippen LogP contribution in [-0.4, -0.2) is 31.1 Å². The molecule has 1 amide bonds. The van der Waals surface area contributed by atoms with Crippen LogP contribution in [-0.2, 0) is 27.8 Å². The summed E-state index contributed by atoms with van der Waals surface area (Å²) in [4.78, 5) is 18.3. The van der Waals surface area contributed by atoms with Crippen LogP contribution in [0.3, 0.4) is 0 Å². The van der Waals surface area contributed by atoms with Gasteiger partial charge in [-0.15, -0.1) is 0 Å². The first kappa shape index (κ1) is 20.9. The van der Waals surface area contributed by atoms with Crippen LogP contribution in [0.5, 0.6) is 5.75 Å². The lowest BCUT2D eigenvalue weighted by Crippen LogP contribution is -2.38. The highest BCUT2D eigenvalue weighted by Crippen LogP contribution is 2.37. The number of hydrogen-bond acceptors (Lipinski definition) is 7. The van der Waals surface area contributed by atoms with Crippen LogP contribution in [0.2, 0.25) is 0 Å². The maximum absolute atomic E-state index is 13.0. The first-order valence-electron chi connectivity index (χ1n) is 9.75. The van der Waals surface area contributed by atoms with Gasteiger partial charge in [0.1, 0.15) is 5.75 Å². The quantitative estimate of drug-likeness (QED) is 0.624. The molecule has 0 spiro atoms. The maximum atomic E-state index is 13.0. The van der Waals surface area contributed by atoms with Crippen molar-refractivity contribution in [1.82, 2.24) is 10.1 Å². The van der Waals surface area contributed by atoms with Gasteiger partial charge in [0.05, 0.1) is 17.1 Å². The van der Waals surface area contributed by atoms with Crippen molar-refractivity contribution in [2.45, 2.75) is 38.6 Å². The highest BCUT2D eigenvalue weighted by molar-refractivity contribution is 7.92. The number of nitrogens with zero attached hydrogens (tertiary/aromatic N) is 3. The van der Waals surface area contributed by atoms with Crippen LogP contribution < -0.4 is 14.4 Å². The minimum Gasteiger partial charge on any atom is -0.482 e. The second-order valence-electron chi connectivity index (χ2n) is 7.29. The molecule has 0 saturated heterocycles.